The van der Waals surface area contributed by atoms with E-state index in [9.17, 15) is 0 Å². The largest absolute Gasteiger partial charge is 0.490 e. The Balaban J connectivity index is 1.69. The highest BCUT2D eigenvalue weighted by atomic mass is 32.1. The molecule has 2 heterocycles. The number of unbranched alkanes of at least 4 members (excludes halogenated alkanes) is 1. The molecule has 0 saturated carbocycles. The van der Waals surface area contributed by atoms with Gasteiger partial charge in [0, 0.05) is 18.3 Å². The van der Waals surface area contributed by atoms with E-state index in [0.717, 1.165) is 41.7 Å². The van der Waals surface area contributed by atoms with E-state index in [0.29, 0.717) is 6.61 Å². The summed E-state index contributed by atoms with van der Waals surface area (Å²) in [6.07, 6.45) is 3.13. The highest BCUT2D eigenvalue weighted by Gasteiger charge is 2.22. The first-order valence-electron chi connectivity index (χ1n) is 7.44. The van der Waals surface area contributed by atoms with Crippen molar-refractivity contribution in [3.05, 3.63) is 35.3 Å². The number of hydrogen-bond donors (Lipinski definition) is 1. The van der Waals surface area contributed by atoms with E-state index < -0.39 is 0 Å². The molecular weight excluding hydrogens is 284 g/mol. The Labute approximate surface area is 129 Å². The first-order valence-corrected chi connectivity index (χ1v) is 8.32. The highest BCUT2D eigenvalue weighted by Crippen LogP contribution is 2.36. The van der Waals surface area contributed by atoms with Crippen molar-refractivity contribution >= 4 is 16.5 Å². The van der Waals surface area contributed by atoms with Crippen LogP contribution >= 0.6 is 11.3 Å². The molecule has 4 nitrogen and oxygen atoms in total. The summed E-state index contributed by atoms with van der Waals surface area (Å²) in [5, 5.41) is 6.41. The lowest BCUT2D eigenvalue weighted by molar-refractivity contribution is 0.191. The highest BCUT2D eigenvalue weighted by molar-refractivity contribution is 7.13. The molecule has 0 saturated heterocycles. The topological polar surface area (TPSA) is 43.4 Å². The van der Waals surface area contributed by atoms with Crippen LogP contribution in [0.5, 0.6) is 11.5 Å². The fourth-order valence-corrected chi connectivity index (χ4v) is 3.03. The lowest BCUT2D eigenvalue weighted by Crippen LogP contribution is -2.09. The number of fused-ring (bicyclic) bond motifs is 1. The summed E-state index contributed by atoms with van der Waals surface area (Å²) in [4.78, 5) is 4.65. The Hall–Kier alpha value is -1.75. The predicted octanol–water partition coefficient (Wildman–Crippen LogP) is 4.26. The van der Waals surface area contributed by atoms with Gasteiger partial charge in [-0.3, -0.25) is 0 Å². The number of benzene rings is 1. The number of para-hydroxylation sites is 2. The molecule has 0 amide bonds. The molecule has 112 valence electrons. The molecule has 21 heavy (non-hydrogen) atoms. The second-order valence-electron chi connectivity index (χ2n) is 5.05. The summed E-state index contributed by atoms with van der Waals surface area (Å²) in [6.45, 7) is 3.81. The molecule has 2 aromatic rings. The van der Waals surface area contributed by atoms with E-state index >= 15 is 0 Å². The first-order chi connectivity index (χ1) is 10.4. The van der Waals surface area contributed by atoms with Crippen molar-refractivity contribution < 1.29 is 9.47 Å². The van der Waals surface area contributed by atoms with Crippen LogP contribution in [0.15, 0.2) is 29.6 Å². The van der Waals surface area contributed by atoms with Crippen LogP contribution in [0, 0.1) is 0 Å². The molecule has 0 bridgehead atoms. The zero-order valence-corrected chi connectivity index (χ0v) is 13.0. The van der Waals surface area contributed by atoms with Gasteiger partial charge >= 0.3 is 0 Å². The number of rotatable bonds is 5. The fourth-order valence-electron chi connectivity index (χ4n) is 2.25. The van der Waals surface area contributed by atoms with Crippen LogP contribution in [0.25, 0.3) is 0 Å². The van der Waals surface area contributed by atoms with Gasteiger partial charge in [0.2, 0.25) is 0 Å². The standard InChI is InChI=1S/C16H20N2O2S/c1-2-3-9-17-16-18-12(11-21-16)13-8-10-19-14-6-4-5-7-15(14)20-13/h4-7,11,13H,2-3,8-10H2,1H3,(H,17,18). The van der Waals surface area contributed by atoms with Gasteiger partial charge in [-0.2, -0.15) is 0 Å². The molecule has 0 radical (unpaired) electrons. The van der Waals surface area contributed by atoms with Crippen LogP contribution in [0.2, 0.25) is 0 Å². The van der Waals surface area contributed by atoms with E-state index in [4.69, 9.17) is 9.47 Å². The van der Waals surface area contributed by atoms with Gasteiger partial charge < -0.3 is 14.8 Å². The minimum Gasteiger partial charge on any atom is -0.490 e. The van der Waals surface area contributed by atoms with Crippen LogP contribution in [0.3, 0.4) is 0 Å². The zero-order valence-electron chi connectivity index (χ0n) is 12.2. The molecular formula is C16H20N2O2S. The Morgan fingerprint density at radius 1 is 1.33 bits per heavy atom. The average molecular weight is 304 g/mol. The second-order valence-corrected chi connectivity index (χ2v) is 5.91. The first kappa shape index (κ1) is 14.2. The zero-order chi connectivity index (χ0) is 14.5. The molecule has 1 aromatic heterocycles. The van der Waals surface area contributed by atoms with Crippen molar-refractivity contribution in [3.63, 3.8) is 0 Å². The molecule has 5 heteroatoms. The molecule has 1 unspecified atom stereocenters. The summed E-state index contributed by atoms with van der Waals surface area (Å²) in [7, 11) is 0. The molecule has 0 spiro atoms. The van der Waals surface area contributed by atoms with Gasteiger partial charge in [0.05, 0.1) is 12.3 Å². The molecule has 1 aromatic carbocycles. The number of nitrogens with one attached hydrogen (secondary N) is 1. The van der Waals surface area contributed by atoms with Gasteiger partial charge in [0.1, 0.15) is 6.10 Å². The van der Waals surface area contributed by atoms with Crippen molar-refractivity contribution in [1.29, 1.82) is 0 Å². The third-order valence-electron chi connectivity index (χ3n) is 3.41. The molecule has 1 aliphatic heterocycles. The summed E-state index contributed by atoms with van der Waals surface area (Å²) in [5.74, 6) is 1.62. The smallest absolute Gasteiger partial charge is 0.182 e. The minimum absolute atomic E-state index is 0.0355. The summed E-state index contributed by atoms with van der Waals surface area (Å²) < 4.78 is 11.8. The maximum atomic E-state index is 6.07. The van der Waals surface area contributed by atoms with Crippen LogP contribution < -0.4 is 14.8 Å². The van der Waals surface area contributed by atoms with Gasteiger partial charge in [-0.1, -0.05) is 25.5 Å². The molecule has 0 fully saturated rings. The molecule has 1 atom stereocenters. The summed E-state index contributed by atoms with van der Waals surface area (Å²) >= 11 is 1.64. The average Bonchev–Trinajstić information content (AvgIpc) is 2.86. The number of aromatic nitrogens is 1. The van der Waals surface area contributed by atoms with Crippen molar-refractivity contribution in [1.82, 2.24) is 4.98 Å². The van der Waals surface area contributed by atoms with Crippen LogP contribution in [0.1, 0.15) is 38.0 Å². The fraction of sp³-hybridized carbons (Fsp3) is 0.438. The molecule has 0 aliphatic carbocycles. The Morgan fingerprint density at radius 2 is 2.19 bits per heavy atom. The number of nitrogens with zero attached hydrogens (tertiary/aromatic N) is 1. The Morgan fingerprint density at radius 3 is 3.05 bits per heavy atom. The summed E-state index contributed by atoms with van der Waals surface area (Å²) in [6, 6.07) is 7.81. The number of ether oxygens (including phenoxy) is 2. The number of anilines is 1. The van der Waals surface area contributed by atoms with Gasteiger partial charge in [-0.05, 0) is 18.6 Å². The van der Waals surface area contributed by atoms with Crippen LogP contribution in [0.4, 0.5) is 5.13 Å². The Bertz CT molecular complexity index is 585. The van der Waals surface area contributed by atoms with Gasteiger partial charge in [-0.25, -0.2) is 4.98 Å². The van der Waals surface area contributed by atoms with E-state index in [-0.39, 0.29) is 6.10 Å². The van der Waals surface area contributed by atoms with Crippen molar-refractivity contribution in [2.24, 2.45) is 0 Å². The lowest BCUT2D eigenvalue weighted by atomic mass is 10.2. The van der Waals surface area contributed by atoms with E-state index in [2.05, 4.69) is 22.6 Å². The van der Waals surface area contributed by atoms with Crippen LogP contribution in [-0.4, -0.2) is 18.1 Å². The third-order valence-corrected chi connectivity index (χ3v) is 4.23. The van der Waals surface area contributed by atoms with E-state index in [1.165, 1.54) is 6.42 Å². The lowest BCUT2D eigenvalue weighted by Gasteiger charge is -2.13. The maximum absolute atomic E-state index is 6.07. The van der Waals surface area contributed by atoms with Gasteiger partial charge in [0.25, 0.3) is 0 Å². The SMILES string of the molecule is CCCCNc1nc(C2CCOc3ccccc3O2)cs1. The quantitative estimate of drug-likeness (QED) is 0.838. The maximum Gasteiger partial charge on any atom is 0.182 e. The van der Waals surface area contributed by atoms with E-state index in [1.807, 2.05) is 24.3 Å². The van der Waals surface area contributed by atoms with Gasteiger partial charge in [0.15, 0.2) is 16.6 Å². The van der Waals surface area contributed by atoms with Crippen molar-refractivity contribution in [3.8, 4) is 11.5 Å². The molecule has 1 aliphatic rings. The van der Waals surface area contributed by atoms with Crippen molar-refractivity contribution in [2.45, 2.75) is 32.3 Å². The second kappa shape index (κ2) is 6.80. The van der Waals surface area contributed by atoms with Crippen LogP contribution in [-0.2, 0) is 0 Å². The van der Waals surface area contributed by atoms with Gasteiger partial charge in [-0.15, -0.1) is 11.3 Å². The third kappa shape index (κ3) is 3.47. The van der Waals surface area contributed by atoms with E-state index in [1.54, 1.807) is 11.3 Å². The monoisotopic (exact) mass is 304 g/mol. The Kier molecular flexibility index (Phi) is 4.60. The summed E-state index contributed by atoms with van der Waals surface area (Å²) in [5.41, 5.74) is 0.985. The number of hydrogen-bond acceptors (Lipinski definition) is 5. The predicted molar refractivity (Wildman–Crippen MR) is 85.4 cm³/mol. The number of thiazole rings is 1. The van der Waals surface area contributed by atoms with Crippen molar-refractivity contribution in [2.75, 3.05) is 18.5 Å². The molecule has 1 N–H and O–H groups in total. The normalized spacial score (nSPS) is 17.3. The molecule has 3 rings (SSSR count). The minimum atomic E-state index is -0.0355.